The molecule has 3 nitrogen and oxygen atoms in total. The van der Waals surface area contributed by atoms with E-state index in [-0.39, 0.29) is 5.56 Å². The number of rotatable bonds is 5. The molecular weight excluding hydrogens is 279 g/mol. The molecule has 20 heavy (non-hydrogen) atoms. The minimum absolute atomic E-state index is 0.0106. The molecule has 0 spiro atoms. The molecule has 0 saturated heterocycles. The standard InChI is InChI=1S/C15H13FO3S/c1-19-12-5-2-10(3-6-12)9-20-14-7-4-11(16)8-13(14)15(17)18/h2-8H,9H2,1H3,(H,17,18). The highest BCUT2D eigenvalue weighted by atomic mass is 32.2. The van der Waals surface area contributed by atoms with E-state index < -0.39 is 11.8 Å². The number of carbonyl (C=O) groups is 1. The molecule has 0 aliphatic heterocycles. The van der Waals surface area contributed by atoms with Gasteiger partial charge in [0, 0.05) is 10.6 Å². The summed E-state index contributed by atoms with van der Waals surface area (Å²) in [7, 11) is 1.60. The summed E-state index contributed by atoms with van der Waals surface area (Å²) in [6, 6.07) is 11.3. The van der Waals surface area contributed by atoms with Crippen LogP contribution < -0.4 is 4.74 Å². The van der Waals surface area contributed by atoms with Gasteiger partial charge in [0.2, 0.25) is 0 Å². The van der Waals surface area contributed by atoms with E-state index in [1.165, 1.54) is 23.9 Å². The van der Waals surface area contributed by atoms with Crippen molar-refractivity contribution < 1.29 is 19.0 Å². The summed E-state index contributed by atoms with van der Waals surface area (Å²) in [6.07, 6.45) is 0. The van der Waals surface area contributed by atoms with Gasteiger partial charge in [0.15, 0.2) is 0 Å². The number of benzene rings is 2. The van der Waals surface area contributed by atoms with E-state index >= 15 is 0 Å². The third-order valence-electron chi connectivity index (χ3n) is 2.73. The molecule has 0 aliphatic rings. The van der Waals surface area contributed by atoms with Crippen molar-refractivity contribution in [1.29, 1.82) is 0 Å². The predicted molar refractivity (Wildman–Crippen MR) is 75.9 cm³/mol. The first-order chi connectivity index (χ1) is 9.60. The summed E-state index contributed by atoms with van der Waals surface area (Å²) >= 11 is 1.36. The van der Waals surface area contributed by atoms with Crippen molar-refractivity contribution >= 4 is 17.7 Å². The number of ether oxygens (including phenoxy) is 1. The first-order valence-corrected chi connectivity index (χ1v) is 6.87. The van der Waals surface area contributed by atoms with Gasteiger partial charge in [0.1, 0.15) is 11.6 Å². The molecule has 0 aromatic heterocycles. The predicted octanol–water partition coefficient (Wildman–Crippen LogP) is 3.82. The minimum atomic E-state index is -1.12. The normalized spacial score (nSPS) is 10.3. The zero-order valence-corrected chi connectivity index (χ0v) is 11.6. The summed E-state index contributed by atoms with van der Waals surface area (Å²) in [5.74, 6) is -0.291. The molecule has 1 N–H and O–H groups in total. The SMILES string of the molecule is COc1ccc(CSc2ccc(F)cc2C(=O)O)cc1. The Hall–Kier alpha value is -2.01. The topological polar surface area (TPSA) is 46.5 Å². The number of hydrogen-bond acceptors (Lipinski definition) is 3. The van der Waals surface area contributed by atoms with Crippen LogP contribution in [0, 0.1) is 5.82 Å². The molecule has 0 atom stereocenters. The van der Waals surface area contributed by atoms with Gasteiger partial charge in [-0.3, -0.25) is 0 Å². The van der Waals surface area contributed by atoms with Gasteiger partial charge in [-0.25, -0.2) is 9.18 Å². The Morgan fingerprint density at radius 2 is 1.95 bits per heavy atom. The molecule has 2 aromatic rings. The molecule has 0 radical (unpaired) electrons. The quantitative estimate of drug-likeness (QED) is 0.851. The van der Waals surface area contributed by atoms with Crippen molar-refractivity contribution in [3.05, 3.63) is 59.4 Å². The highest BCUT2D eigenvalue weighted by molar-refractivity contribution is 7.98. The number of carboxylic acid groups (broad SMARTS) is 1. The fraction of sp³-hybridized carbons (Fsp3) is 0.133. The minimum Gasteiger partial charge on any atom is -0.497 e. The van der Waals surface area contributed by atoms with Crippen LogP contribution in [0.15, 0.2) is 47.4 Å². The Morgan fingerprint density at radius 3 is 2.55 bits per heavy atom. The molecule has 0 unspecified atom stereocenters. The first kappa shape index (κ1) is 14.4. The van der Waals surface area contributed by atoms with Crippen LogP contribution in [0.5, 0.6) is 5.75 Å². The second-order valence-corrected chi connectivity index (χ2v) is 5.10. The Morgan fingerprint density at radius 1 is 1.25 bits per heavy atom. The molecule has 0 aliphatic carbocycles. The lowest BCUT2D eigenvalue weighted by Gasteiger charge is -2.07. The highest BCUT2D eigenvalue weighted by Crippen LogP contribution is 2.27. The maximum Gasteiger partial charge on any atom is 0.336 e. The van der Waals surface area contributed by atoms with Crippen molar-refractivity contribution in [2.75, 3.05) is 7.11 Å². The van der Waals surface area contributed by atoms with Gasteiger partial charge in [0.05, 0.1) is 12.7 Å². The number of thioether (sulfide) groups is 1. The average molecular weight is 292 g/mol. The van der Waals surface area contributed by atoms with Gasteiger partial charge in [-0.05, 0) is 35.9 Å². The largest absolute Gasteiger partial charge is 0.497 e. The second kappa shape index (κ2) is 6.43. The van der Waals surface area contributed by atoms with Crippen molar-refractivity contribution in [2.24, 2.45) is 0 Å². The van der Waals surface area contributed by atoms with Gasteiger partial charge in [-0.15, -0.1) is 11.8 Å². The van der Waals surface area contributed by atoms with Crippen molar-refractivity contribution in [3.63, 3.8) is 0 Å². The fourth-order valence-electron chi connectivity index (χ4n) is 1.68. The van der Waals surface area contributed by atoms with Gasteiger partial charge >= 0.3 is 5.97 Å². The van der Waals surface area contributed by atoms with E-state index in [2.05, 4.69) is 0 Å². The van der Waals surface area contributed by atoms with Gasteiger partial charge in [0.25, 0.3) is 0 Å². The Labute approximate surface area is 120 Å². The van der Waals surface area contributed by atoms with Crippen LogP contribution in [-0.2, 0) is 5.75 Å². The number of carboxylic acids is 1. The van der Waals surface area contributed by atoms with E-state index in [4.69, 9.17) is 9.84 Å². The zero-order valence-electron chi connectivity index (χ0n) is 10.8. The molecule has 2 rings (SSSR count). The molecule has 0 bridgehead atoms. The lowest BCUT2D eigenvalue weighted by Crippen LogP contribution is -1.99. The number of aromatic carboxylic acids is 1. The van der Waals surface area contributed by atoms with E-state index in [0.29, 0.717) is 10.6 Å². The number of hydrogen-bond donors (Lipinski definition) is 1. The maximum atomic E-state index is 13.1. The lowest BCUT2D eigenvalue weighted by atomic mass is 10.2. The third kappa shape index (κ3) is 3.51. The van der Waals surface area contributed by atoms with Gasteiger partial charge in [-0.2, -0.15) is 0 Å². The smallest absolute Gasteiger partial charge is 0.336 e. The second-order valence-electron chi connectivity index (χ2n) is 4.08. The zero-order chi connectivity index (χ0) is 14.5. The highest BCUT2D eigenvalue weighted by Gasteiger charge is 2.11. The van der Waals surface area contributed by atoms with Crippen molar-refractivity contribution in [3.8, 4) is 5.75 Å². The molecule has 0 fully saturated rings. The van der Waals surface area contributed by atoms with E-state index in [9.17, 15) is 9.18 Å². The van der Waals surface area contributed by atoms with Crippen molar-refractivity contribution in [2.45, 2.75) is 10.6 Å². The summed E-state index contributed by atoms with van der Waals surface area (Å²) in [5.41, 5.74) is 1.03. The summed E-state index contributed by atoms with van der Waals surface area (Å²) in [4.78, 5) is 11.6. The first-order valence-electron chi connectivity index (χ1n) is 5.88. The maximum absolute atomic E-state index is 13.1. The number of methoxy groups -OCH3 is 1. The van der Waals surface area contributed by atoms with E-state index in [1.807, 2.05) is 24.3 Å². The number of halogens is 1. The van der Waals surface area contributed by atoms with Crippen molar-refractivity contribution in [1.82, 2.24) is 0 Å². The fourth-order valence-corrected chi connectivity index (χ4v) is 2.66. The Bertz CT molecular complexity index is 611. The van der Waals surface area contributed by atoms with Crippen LogP contribution in [0.4, 0.5) is 4.39 Å². The van der Waals surface area contributed by atoms with Crippen LogP contribution in [0.25, 0.3) is 0 Å². The van der Waals surface area contributed by atoms with Gasteiger partial charge < -0.3 is 9.84 Å². The average Bonchev–Trinajstić information content (AvgIpc) is 2.46. The summed E-state index contributed by atoms with van der Waals surface area (Å²) in [6.45, 7) is 0. The Kier molecular flexibility index (Phi) is 4.63. The van der Waals surface area contributed by atoms with Crippen LogP contribution in [0.2, 0.25) is 0 Å². The summed E-state index contributed by atoms with van der Waals surface area (Å²) in [5, 5.41) is 9.06. The molecule has 104 valence electrons. The lowest BCUT2D eigenvalue weighted by molar-refractivity contribution is 0.0692. The molecule has 2 aromatic carbocycles. The van der Waals surface area contributed by atoms with Crippen LogP contribution in [0.1, 0.15) is 15.9 Å². The van der Waals surface area contributed by atoms with Crippen LogP contribution in [-0.4, -0.2) is 18.2 Å². The molecular formula is C15H13FO3S. The van der Waals surface area contributed by atoms with E-state index in [0.717, 1.165) is 17.4 Å². The monoisotopic (exact) mass is 292 g/mol. The molecule has 5 heteroatoms. The molecule has 0 saturated carbocycles. The van der Waals surface area contributed by atoms with E-state index in [1.54, 1.807) is 7.11 Å². The molecule has 0 heterocycles. The Balaban J connectivity index is 2.12. The van der Waals surface area contributed by atoms with Crippen LogP contribution in [0.3, 0.4) is 0 Å². The summed E-state index contributed by atoms with van der Waals surface area (Å²) < 4.78 is 18.1. The van der Waals surface area contributed by atoms with Gasteiger partial charge in [-0.1, -0.05) is 12.1 Å². The molecule has 0 amide bonds. The third-order valence-corrected chi connectivity index (χ3v) is 3.87. The van der Waals surface area contributed by atoms with Crippen LogP contribution >= 0.6 is 11.8 Å².